The molecule has 2 aromatic heterocycles. The minimum atomic E-state index is -0.0249. The molecule has 1 aromatic carbocycles. The fraction of sp³-hybridized carbons (Fsp3) is 0.353. The number of likely N-dealkylation sites (N-methyl/N-ethyl adjacent to an activating group) is 1. The van der Waals surface area contributed by atoms with E-state index in [0.717, 1.165) is 37.1 Å². The fourth-order valence-electron chi connectivity index (χ4n) is 2.44. The number of nitrogens with zero attached hydrogens (tertiary/aromatic N) is 4. The Balaban J connectivity index is 2.00. The van der Waals surface area contributed by atoms with Gasteiger partial charge in [-0.25, -0.2) is 9.97 Å². The van der Waals surface area contributed by atoms with Crippen molar-refractivity contribution in [1.82, 2.24) is 14.9 Å². The summed E-state index contributed by atoms with van der Waals surface area (Å²) in [5.74, 6) is -0.0249. The molecule has 25 heavy (non-hydrogen) atoms. The highest BCUT2D eigenvalue weighted by molar-refractivity contribution is 9.10. The lowest BCUT2D eigenvalue weighted by Gasteiger charge is -2.21. The molecule has 2 heterocycles. The molecule has 0 saturated carbocycles. The molecule has 0 bridgehead atoms. The van der Waals surface area contributed by atoms with Crippen LogP contribution in [0.15, 0.2) is 22.7 Å². The Hall–Kier alpha value is -1.35. The average molecular weight is 439 g/mol. The van der Waals surface area contributed by atoms with E-state index in [0.29, 0.717) is 11.4 Å². The van der Waals surface area contributed by atoms with Gasteiger partial charge in [-0.2, -0.15) is 0 Å². The summed E-state index contributed by atoms with van der Waals surface area (Å²) in [5, 5.41) is 1.63. The number of thiazole rings is 2. The maximum Gasteiger partial charge on any atom is 0.272 e. The number of carbonyl (C=O) groups is 1. The van der Waals surface area contributed by atoms with Crippen LogP contribution in [0.3, 0.4) is 0 Å². The number of benzene rings is 1. The molecule has 8 heteroatoms. The first-order valence-electron chi connectivity index (χ1n) is 7.82. The molecule has 0 N–H and O–H groups in total. The van der Waals surface area contributed by atoms with Crippen molar-refractivity contribution >= 4 is 59.9 Å². The van der Waals surface area contributed by atoms with Crippen LogP contribution in [-0.2, 0) is 0 Å². The van der Waals surface area contributed by atoms with Crippen molar-refractivity contribution in [2.45, 2.75) is 13.8 Å². The molecule has 1 amide bonds. The van der Waals surface area contributed by atoms with Gasteiger partial charge in [-0.3, -0.25) is 9.69 Å². The van der Waals surface area contributed by atoms with Gasteiger partial charge in [0.1, 0.15) is 4.88 Å². The summed E-state index contributed by atoms with van der Waals surface area (Å²) in [6.07, 6.45) is 0. The Labute approximate surface area is 163 Å². The lowest BCUT2D eigenvalue weighted by molar-refractivity contribution is 0.0988. The van der Waals surface area contributed by atoms with Gasteiger partial charge in [0.2, 0.25) is 0 Å². The van der Waals surface area contributed by atoms with Crippen molar-refractivity contribution < 1.29 is 4.79 Å². The molecular formula is C17H19BrN4OS2. The summed E-state index contributed by atoms with van der Waals surface area (Å²) >= 11 is 6.47. The third kappa shape index (κ3) is 4.08. The van der Waals surface area contributed by atoms with Gasteiger partial charge in [0.15, 0.2) is 5.13 Å². The van der Waals surface area contributed by atoms with Crippen molar-refractivity contribution in [2.24, 2.45) is 0 Å². The molecule has 5 nitrogen and oxygen atoms in total. The van der Waals surface area contributed by atoms with Crippen LogP contribution in [0.5, 0.6) is 0 Å². The van der Waals surface area contributed by atoms with Crippen molar-refractivity contribution in [2.75, 3.05) is 32.1 Å². The van der Waals surface area contributed by atoms with E-state index in [9.17, 15) is 4.79 Å². The minimum Gasteiger partial charge on any atom is -0.308 e. The SMILES string of the molecule is Cc1nc(C)c(C(=O)N(CCN(C)C)c2nc3ccc(Br)cc3s2)s1. The number of aryl methyl sites for hydroxylation is 2. The maximum absolute atomic E-state index is 13.2. The van der Waals surface area contributed by atoms with E-state index >= 15 is 0 Å². The Morgan fingerprint density at radius 2 is 1.92 bits per heavy atom. The lowest BCUT2D eigenvalue weighted by Crippen LogP contribution is -2.36. The van der Waals surface area contributed by atoms with E-state index in [4.69, 9.17) is 0 Å². The van der Waals surface area contributed by atoms with Crippen molar-refractivity contribution in [3.8, 4) is 0 Å². The van der Waals surface area contributed by atoms with Crippen LogP contribution in [-0.4, -0.2) is 48.0 Å². The molecule has 0 aliphatic carbocycles. The fourth-order valence-corrected chi connectivity index (χ4v) is 4.85. The standard InChI is InChI=1S/C17H19BrN4OS2/c1-10-15(24-11(2)19-10)16(23)22(8-7-21(3)4)17-20-13-6-5-12(18)9-14(13)25-17/h5-6,9H,7-8H2,1-4H3. The van der Waals surface area contributed by atoms with Crippen LogP contribution < -0.4 is 4.90 Å². The van der Waals surface area contributed by atoms with Crippen LogP contribution in [0.1, 0.15) is 20.4 Å². The van der Waals surface area contributed by atoms with Gasteiger partial charge in [-0.1, -0.05) is 27.3 Å². The second-order valence-electron chi connectivity index (χ2n) is 6.02. The minimum absolute atomic E-state index is 0.0249. The normalized spacial score (nSPS) is 11.4. The summed E-state index contributed by atoms with van der Waals surface area (Å²) in [5.41, 5.74) is 1.69. The summed E-state index contributed by atoms with van der Waals surface area (Å²) in [4.78, 5) is 26.8. The smallest absolute Gasteiger partial charge is 0.272 e. The third-order valence-corrected chi connectivity index (χ3v) is 6.28. The van der Waals surface area contributed by atoms with Crippen molar-refractivity contribution in [1.29, 1.82) is 0 Å². The van der Waals surface area contributed by atoms with Gasteiger partial charge in [0, 0.05) is 17.6 Å². The number of amides is 1. The van der Waals surface area contributed by atoms with E-state index in [-0.39, 0.29) is 5.91 Å². The number of carbonyl (C=O) groups excluding carboxylic acids is 1. The Morgan fingerprint density at radius 1 is 1.16 bits per heavy atom. The number of rotatable bonds is 5. The monoisotopic (exact) mass is 438 g/mol. The first kappa shape index (κ1) is 18.4. The second kappa shape index (κ2) is 7.49. The average Bonchev–Trinajstić information content (AvgIpc) is 3.09. The van der Waals surface area contributed by atoms with Crippen molar-refractivity contribution in [3.63, 3.8) is 0 Å². The number of hydrogen-bond acceptors (Lipinski definition) is 6. The number of fused-ring (bicyclic) bond motifs is 1. The first-order valence-corrected chi connectivity index (χ1v) is 10.2. The molecule has 0 saturated heterocycles. The Morgan fingerprint density at radius 3 is 2.56 bits per heavy atom. The second-order valence-corrected chi connectivity index (χ2v) is 9.14. The van der Waals surface area contributed by atoms with Gasteiger partial charge < -0.3 is 4.90 Å². The Kier molecular flexibility index (Phi) is 5.52. The molecule has 0 spiro atoms. The topological polar surface area (TPSA) is 49.3 Å². The first-order chi connectivity index (χ1) is 11.8. The molecule has 3 rings (SSSR count). The lowest BCUT2D eigenvalue weighted by atomic mass is 10.3. The zero-order valence-electron chi connectivity index (χ0n) is 14.5. The molecule has 0 radical (unpaired) electrons. The third-order valence-electron chi connectivity index (χ3n) is 3.68. The van der Waals surface area contributed by atoms with E-state index in [2.05, 4.69) is 30.8 Å². The maximum atomic E-state index is 13.2. The van der Waals surface area contributed by atoms with Gasteiger partial charge in [0.25, 0.3) is 5.91 Å². The molecule has 3 aromatic rings. The number of anilines is 1. The molecular weight excluding hydrogens is 420 g/mol. The summed E-state index contributed by atoms with van der Waals surface area (Å²) in [7, 11) is 4.00. The summed E-state index contributed by atoms with van der Waals surface area (Å²) in [6.45, 7) is 5.16. The van der Waals surface area contributed by atoms with Gasteiger partial charge in [-0.05, 0) is 46.1 Å². The predicted octanol–water partition coefficient (Wildman–Crippen LogP) is 4.34. The van der Waals surface area contributed by atoms with E-state index in [1.807, 2.05) is 46.1 Å². The number of halogens is 1. The van der Waals surface area contributed by atoms with Crippen molar-refractivity contribution in [3.05, 3.63) is 38.3 Å². The van der Waals surface area contributed by atoms with Gasteiger partial charge >= 0.3 is 0 Å². The van der Waals surface area contributed by atoms with Crippen LogP contribution in [0, 0.1) is 13.8 Å². The van der Waals surface area contributed by atoms with E-state index < -0.39 is 0 Å². The van der Waals surface area contributed by atoms with Gasteiger partial charge in [0.05, 0.1) is 20.9 Å². The Bertz CT molecular complexity index is 919. The summed E-state index contributed by atoms with van der Waals surface area (Å²) < 4.78 is 2.07. The molecule has 0 fully saturated rings. The van der Waals surface area contributed by atoms with Crippen LogP contribution in [0.2, 0.25) is 0 Å². The zero-order valence-corrected chi connectivity index (χ0v) is 17.8. The number of hydrogen-bond donors (Lipinski definition) is 0. The van der Waals surface area contributed by atoms with E-state index in [1.54, 1.807) is 4.90 Å². The summed E-state index contributed by atoms with van der Waals surface area (Å²) in [6, 6.07) is 5.97. The molecule has 0 aliphatic heterocycles. The zero-order chi connectivity index (χ0) is 18.1. The highest BCUT2D eigenvalue weighted by atomic mass is 79.9. The molecule has 0 unspecified atom stereocenters. The molecule has 0 atom stereocenters. The van der Waals surface area contributed by atoms with Crippen LogP contribution in [0.25, 0.3) is 10.2 Å². The number of aromatic nitrogens is 2. The van der Waals surface area contributed by atoms with Crippen LogP contribution in [0.4, 0.5) is 5.13 Å². The van der Waals surface area contributed by atoms with Gasteiger partial charge in [-0.15, -0.1) is 11.3 Å². The highest BCUT2D eigenvalue weighted by Gasteiger charge is 2.25. The molecule has 132 valence electrons. The quantitative estimate of drug-likeness (QED) is 0.594. The predicted molar refractivity (Wildman–Crippen MR) is 109 cm³/mol. The van der Waals surface area contributed by atoms with Crippen LogP contribution >= 0.6 is 38.6 Å². The largest absolute Gasteiger partial charge is 0.308 e. The van der Waals surface area contributed by atoms with E-state index in [1.165, 1.54) is 22.7 Å². The highest BCUT2D eigenvalue weighted by Crippen LogP contribution is 2.32. The molecule has 0 aliphatic rings.